The van der Waals surface area contributed by atoms with Crippen LogP contribution in [0.5, 0.6) is 0 Å². The maximum Gasteiger partial charge on any atom is 0.341 e. The first-order valence-corrected chi connectivity index (χ1v) is 6.11. The Bertz CT molecular complexity index is 449. The molecule has 5 heteroatoms. The van der Waals surface area contributed by atoms with Crippen LogP contribution in [0.15, 0.2) is 18.2 Å². The number of nitrogens with one attached hydrogen (secondary N) is 1. The van der Waals surface area contributed by atoms with Crippen LogP contribution in [0.4, 0.5) is 5.00 Å². The molecule has 0 aromatic carbocycles. The molecule has 0 bridgehead atoms. The molecular weight excluding hydrogens is 238 g/mol. The van der Waals surface area contributed by atoms with Gasteiger partial charge in [-0.2, -0.15) is 0 Å². The lowest BCUT2D eigenvalue weighted by molar-refractivity contribution is -0.111. The van der Waals surface area contributed by atoms with E-state index in [0.717, 1.165) is 4.88 Å². The smallest absolute Gasteiger partial charge is 0.341 e. The van der Waals surface area contributed by atoms with Crippen LogP contribution in [0.2, 0.25) is 0 Å². The van der Waals surface area contributed by atoms with Crippen LogP contribution in [0.3, 0.4) is 0 Å². The number of thiophene rings is 1. The molecule has 0 atom stereocenters. The summed E-state index contributed by atoms with van der Waals surface area (Å²) in [5.41, 5.74) is 0.409. The highest BCUT2D eigenvalue weighted by molar-refractivity contribution is 7.16. The van der Waals surface area contributed by atoms with Gasteiger partial charge in [0.15, 0.2) is 0 Å². The van der Waals surface area contributed by atoms with Gasteiger partial charge in [-0.3, -0.25) is 4.79 Å². The van der Waals surface area contributed by atoms with Gasteiger partial charge in [-0.15, -0.1) is 11.3 Å². The van der Waals surface area contributed by atoms with E-state index in [4.69, 9.17) is 4.74 Å². The van der Waals surface area contributed by atoms with Crippen LogP contribution in [0.25, 0.3) is 0 Å². The number of carbonyl (C=O) groups is 2. The second-order valence-electron chi connectivity index (χ2n) is 3.31. The van der Waals surface area contributed by atoms with Crippen LogP contribution in [0.1, 0.15) is 29.1 Å². The van der Waals surface area contributed by atoms with Gasteiger partial charge in [0.1, 0.15) is 5.00 Å². The van der Waals surface area contributed by atoms with E-state index in [9.17, 15) is 9.59 Å². The van der Waals surface area contributed by atoms with Crippen molar-refractivity contribution >= 4 is 28.2 Å². The highest BCUT2D eigenvalue weighted by Crippen LogP contribution is 2.28. The van der Waals surface area contributed by atoms with E-state index in [-0.39, 0.29) is 5.91 Å². The molecule has 17 heavy (non-hydrogen) atoms. The molecular formula is C12H15NO3S. The zero-order valence-electron chi connectivity index (χ0n) is 10.1. The minimum absolute atomic E-state index is 0.250. The van der Waals surface area contributed by atoms with Crippen molar-refractivity contribution in [1.82, 2.24) is 0 Å². The molecule has 0 saturated heterocycles. The standard InChI is InChI=1S/C12H15NO3S/c1-4-6-10(14)13-11-9(7-8(3)17-11)12(15)16-5-2/h4,6-7H,5H2,1-3H3,(H,13,14). The van der Waals surface area contributed by atoms with Crippen molar-refractivity contribution in [3.8, 4) is 0 Å². The molecule has 1 aromatic rings. The molecule has 1 heterocycles. The predicted molar refractivity (Wildman–Crippen MR) is 68.5 cm³/mol. The van der Waals surface area contributed by atoms with Crippen molar-refractivity contribution in [3.05, 3.63) is 28.7 Å². The number of allylic oxidation sites excluding steroid dienone is 1. The van der Waals surface area contributed by atoms with Gasteiger partial charge in [-0.05, 0) is 32.9 Å². The summed E-state index contributed by atoms with van der Waals surface area (Å²) in [6.45, 7) is 5.69. The second-order valence-corrected chi connectivity index (χ2v) is 4.57. The van der Waals surface area contributed by atoms with E-state index in [1.807, 2.05) is 6.92 Å². The Hall–Kier alpha value is -1.62. The number of hydrogen-bond acceptors (Lipinski definition) is 4. The summed E-state index contributed by atoms with van der Waals surface area (Å²) in [7, 11) is 0. The van der Waals surface area contributed by atoms with Crippen LogP contribution in [-0.2, 0) is 9.53 Å². The normalized spacial score (nSPS) is 10.5. The van der Waals surface area contributed by atoms with E-state index in [1.165, 1.54) is 17.4 Å². The van der Waals surface area contributed by atoms with Crippen LogP contribution < -0.4 is 5.32 Å². The van der Waals surface area contributed by atoms with Crippen LogP contribution in [0, 0.1) is 6.92 Å². The number of rotatable bonds is 4. The Morgan fingerprint density at radius 2 is 2.24 bits per heavy atom. The molecule has 0 aliphatic heterocycles. The summed E-state index contributed by atoms with van der Waals surface area (Å²) in [5.74, 6) is -0.660. The average molecular weight is 253 g/mol. The average Bonchev–Trinajstić information content (AvgIpc) is 2.60. The first kappa shape index (κ1) is 13.4. The van der Waals surface area contributed by atoms with E-state index in [2.05, 4.69) is 5.32 Å². The number of esters is 1. The third kappa shape index (κ3) is 3.71. The van der Waals surface area contributed by atoms with E-state index in [0.29, 0.717) is 17.2 Å². The molecule has 0 unspecified atom stereocenters. The highest BCUT2D eigenvalue weighted by atomic mass is 32.1. The van der Waals surface area contributed by atoms with Crippen molar-refractivity contribution in [3.63, 3.8) is 0 Å². The SMILES string of the molecule is CC=CC(=O)Nc1sc(C)cc1C(=O)OCC. The van der Waals surface area contributed by atoms with Gasteiger partial charge in [0.2, 0.25) is 5.91 Å². The number of aryl methyl sites for hydroxylation is 1. The molecule has 92 valence electrons. The quantitative estimate of drug-likeness (QED) is 0.663. The van der Waals surface area contributed by atoms with Gasteiger partial charge in [0.05, 0.1) is 12.2 Å². The summed E-state index contributed by atoms with van der Waals surface area (Å²) in [5, 5.41) is 3.20. The first-order valence-electron chi connectivity index (χ1n) is 5.29. The molecule has 0 saturated carbocycles. The van der Waals surface area contributed by atoms with Crippen molar-refractivity contribution in [2.24, 2.45) is 0 Å². The number of anilines is 1. The molecule has 0 spiro atoms. The zero-order chi connectivity index (χ0) is 12.8. The van der Waals surface area contributed by atoms with Gasteiger partial charge < -0.3 is 10.1 Å². The van der Waals surface area contributed by atoms with E-state index < -0.39 is 5.97 Å². The van der Waals surface area contributed by atoms with E-state index >= 15 is 0 Å². The molecule has 1 rings (SSSR count). The van der Waals surface area contributed by atoms with Crippen molar-refractivity contribution in [1.29, 1.82) is 0 Å². The van der Waals surface area contributed by atoms with Crippen LogP contribution in [-0.4, -0.2) is 18.5 Å². The number of amides is 1. The van der Waals surface area contributed by atoms with Crippen molar-refractivity contribution in [2.75, 3.05) is 11.9 Å². The summed E-state index contributed by atoms with van der Waals surface area (Å²) in [6.07, 6.45) is 3.05. The maximum absolute atomic E-state index is 11.6. The molecule has 0 fully saturated rings. The summed E-state index contributed by atoms with van der Waals surface area (Å²) in [4.78, 5) is 24.0. The minimum Gasteiger partial charge on any atom is -0.462 e. The molecule has 0 aliphatic rings. The Morgan fingerprint density at radius 1 is 1.53 bits per heavy atom. The van der Waals surface area contributed by atoms with Gasteiger partial charge in [-0.1, -0.05) is 6.08 Å². The molecule has 0 radical (unpaired) electrons. The lowest BCUT2D eigenvalue weighted by atomic mass is 10.3. The highest BCUT2D eigenvalue weighted by Gasteiger charge is 2.16. The fraction of sp³-hybridized carbons (Fsp3) is 0.333. The van der Waals surface area contributed by atoms with Gasteiger partial charge >= 0.3 is 5.97 Å². The predicted octanol–water partition coefficient (Wildman–Crippen LogP) is 2.75. The summed E-state index contributed by atoms with van der Waals surface area (Å²) < 4.78 is 4.92. The van der Waals surface area contributed by atoms with Crippen molar-refractivity contribution < 1.29 is 14.3 Å². The molecule has 1 amide bonds. The summed E-state index contributed by atoms with van der Waals surface area (Å²) in [6, 6.07) is 1.72. The third-order valence-corrected chi connectivity index (χ3v) is 2.87. The number of ether oxygens (including phenoxy) is 1. The van der Waals surface area contributed by atoms with Gasteiger partial charge in [0.25, 0.3) is 0 Å². The number of carbonyl (C=O) groups excluding carboxylic acids is 2. The third-order valence-electron chi connectivity index (χ3n) is 1.91. The second kappa shape index (κ2) is 6.20. The van der Waals surface area contributed by atoms with Gasteiger partial charge in [0, 0.05) is 4.88 Å². The van der Waals surface area contributed by atoms with Crippen molar-refractivity contribution in [2.45, 2.75) is 20.8 Å². The lowest BCUT2D eigenvalue weighted by Gasteiger charge is -2.03. The summed E-state index contributed by atoms with van der Waals surface area (Å²) >= 11 is 1.36. The molecule has 1 aromatic heterocycles. The van der Waals surface area contributed by atoms with E-state index in [1.54, 1.807) is 26.0 Å². The Balaban J connectivity index is 2.91. The topological polar surface area (TPSA) is 55.4 Å². The Kier molecular flexibility index (Phi) is 4.90. The molecule has 0 aliphatic carbocycles. The fourth-order valence-corrected chi connectivity index (χ4v) is 2.18. The molecule has 1 N–H and O–H groups in total. The zero-order valence-corrected chi connectivity index (χ0v) is 10.9. The Labute approximate surface area is 104 Å². The van der Waals surface area contributed by atoms with Gasteiger partial charge in [-0.25, -0.2) is 4.79 Å². The maximum atomic E-state index is 11.6. The molecule has 4 nitrogen and oxygen atoms in total. The lowest BCUT2D eigenvalue weighted by Crippen LogP contribution is -2.11. The largest absolute Gasteiger partial charge is 0.462 e. The fourth-order valence-electron chi connectivity index (χ4n) is 1.27. The minimum atomic E-state index is -0.410. The van der Waals surface area contributed by atoms with Crippen LogP contribution >= 0.6 is 11.3 Å². The Morgan fingerprint density at radius 3 is 2.82 bits per heavy atom. The first-order chi connectivity index (χ1) is 8.08. The number of hydrogen-bond donors (Lipinski definition) is 1. The monoisotopic (exact) mass is 253 g/mol.